The van der Waals surface area contributed by atoms with Crippen LogP contribution in [0.2, 0.25) is 0 Å². The highest BCUT2D eigenvalue weighted by Gasteiger charge is 2.39. The number of alkyl halides is 3. The van der Waals surface area contributed by atoms with Crippen LogP contribution < -0.4 is 4.74 Å². The molecule has 180 valence electrons. The van der Waals surface area contributed by atoms with Gasteiger partial charge < -0.3 is 18.8 Å². The number of halogens is 3. The summed E-state index contributed by atoms with van der Waals surface area (Å²) in [4.78, 5) is 23.1. The van der Waals surface area contributed by atoms with Gasteiger partial charge in [-0.25, -0.2) is 9.97 Å². The first-order valence-corrected chi connectivity index (χ1v) is 10.7. The maximum Gasteiger partial charge on any atom is 0.451 e. The monoisotopic (exact) mass is 483 g/mol. The molecule has 0 spiro atoms. The number of aryl methyl sites for hydroxylation is 1. The summed E-state index contributed by atoms with van der Waals surface area (Å²) in [5.41, 5.74) is 3.05. The van der Waals surface area contributed by atoms with Gasteiger partial charge in [0.2, 0.25) is 17.6 Å². The molecule has 0 saturated heterocycles. The topological polar surface area (TPSA) is 91.0 Å². The Kier molecular flexibility index (Phi) is 5.50. The minimum Gasteiger partial charge on any atom is -0.480 e. The summed E-state index contributed by atoms with van der Waals surface area (Å²) in [6.07, 6.45) is -0.127. The molecule has 1 aliphatic rings. The van der Waals surface area contributed by atoms with Crippen molar-refractivity contribution in [3.05, 3.63) is 59.9 Å². The zero-order chi connectivity index (χ0) is 24.7. The minimum atomic E-state index is -4.60. The van der Waals surface area contributed by atoms with E-state index in [1.807, 2.05) is 41.9 Å². The second-order valence-corrected chi connectivity index (χ2v) is 7.95. The van der Waals surface area contributed by atoms with Gasteiger partial charge in [-0.15, -0.1) is 10.2 Å². The number of aromatic nitrogens is 6. The molecule has 1 aliphatic heterocycles. The molecular formula is C23H20F3N7O2. The fourth-order valence-electron chi connectivity index (χ4n) is 4.33. The van der Waals surface area contributed by atoms with Gasteiger partial charge in [0.15, 0.2) is 5.82 Å². The standard InChI is InChI=1S/C23H20F3N7O2/c1-31-19(14-6-4-3-5-7-14)15(18-20(31)27-13-28-21(18)35-2)8-9-17(34)32-10-11-33-16(12-32)29-30-22(33)23(24,25)26/h3-9,13H,10-12H2,1-2H3/b9-8+. The Hall–Kier alpha value is -4.22. The van der Waals surface area contributed by atoms with Gasteiger partial charge in [0.25, 0.3) is 0 Å². The zero-order valence-electron chi connectivity index (χ0n) is 18.8. The van der Waals surface area contributed by atoms with Gasteiger partial charge in [-0.1, -0.05) is 30.3 Å². The Bertz CT molecular complexity index is 1440. The van der Waals surface area contributed by atoms with E-state index in [1.165, 1.54) is 24.4 Å². The number of hydrogen-bond acceptors (Lipinski definition) is 6. The predicted molar refractivity (Wildman–Crippen MR) is 120 cm³/mol. The lowest BCUT2D eigenvalue weighted by atomic mass is 10.1. The van der Waals surface area contributed by atoms with Crippen LogP contribution in [-0.4, -0.2) is 53.8 Å². The number of amides is 1. The molecule has 3 aromatic heterocycles. The maximum absolute atomic E-state index is 13.1. The summed E-state index contributed by atoms with van der Waals surface area (Å²) in [6.45, 7) is -0.00742. The first kappa shape index (κ1) is 22.6. The minimum absolute atomic E-state index is 0.0397. The number of carbonyl (C=O) groups excluding carboxylic acids is 1. The molecule has 4 heterocycles. The Morgan fingerprint density at radius 2 is 1.89 bits per heavy atom. The largest absolute Gasteiger partial charge is 0.480 e. The highest BCUT2D eigenvalue weighted by molar-refractivity contribution is 6.02. The lowest BCUT2D eigenvalue weighted by molar-refractivity contribution is -0.148. The molecule has 9 nitrogen and oxygen atoms in total. The van der Waals surface area contributed by atoms with E-state index in [2.05, 4.69) is 20.2 Å². The van der Waals surface area contributed by atoms with Gasteiger partial charge in [-0.05, 0) is 11.6 Å². The van der Waals surface area contributed by atoms with Crippen molar-refractivity contribution >= 4 is 23.0 Å². The van der Waals surface area contributed by atoms with Gasteiger partial charge in [-0.2, -0.15) is 13.2 Å². The van der Waals surface area contributed by atoms with Crippen LogP contribution in [-0.2, 0) is 31.1 Å². The Morgan fingerprint density at radius 3 is 2.60 bits per heavy atom. The SMILES string of the molecule is COc1ncnc2c1c(/C=C/C(=O)N1CCn3c(nnc3C(F)(F)F)C1)c(-c1ccccc1)n2C. The zero-order valence-corrected chi connectivity index (χ0v) is 18.8. The maximum atomic E-state index is 13.1. The van der Waals surface area contributed by atoms with Gasteiger partial charge in [0.1, 0.15) is 12.0 Å². The molecule has 0 fully saturated rings. The molecule has 0 unspecified atom stereocenters. The molecule has 1 aromatic carbocycles. The van der Waals surface area contributed by atoms with Gasteiger partial charge >= 0.3 is 6.18 Å². The van der Waals surface area contributed by atoms with E-state index in [0.717, 1.165) is 15.8 Å². The number of fused-ring (bicyclic) bond motifs is 2. The summed E-state index contributed by atoms with van der Waals surface area (Å²) < 4.78 is 47.7. The van der Waals surface area contributed by atoms with Crippen LogP contribution in [0.4, 0.5) is 13.2 Å². The Labute approximate surface area is 197 Å². The summed E-state index contributed by atoms with van der Waals surface area (Å²) >= 11 is 0. The smallest absolute Gasteiger partial charge is 0.451 e. The second-order valence-electron chi connectivity index (χ2n) is 7.95. The van der Waals surface area contributed by atoms with Crippen molar-refractivity contribution in [1.82, 2.24) is 34.2 Å². The summed E-state index contributed by atoms with van der Waals surface area (Å²) in [5, 5.41) is 7.54. The van der Waals surface area contributed by atoms with Crippen molar-refractivity contribution in [2.75, 3.05) is 13.7 Å². The number of benzene rings is 1. The second kappa shape index (κ2) is 8.53. The molecule has 1 amide bonds. The lowest BCUT2D eigenvalue weighted by Gasteiger charge is -2.27. The molecule has 0 radical (unpaired) electrons. The van der Waals surface area contributed by atoms with E-state index in [-0.39, 0.29) is 31.4 Å². The van der Waals surface area contributed by atoms with Gasteiger partial charge in [-0.3, -0.25) is 4.79 Å². The van der Waals surface area contributed by atoms with Crippen molar-refractivity contribution in [3.63, 3.8) is 0 Å². The first-order valence-electron chi connectivity index (χ1n) is 10.7. The normalized spacial score (nSPS) is 14.0. The van der Waals surface area contributed by atoms with E-state index in [0.29, 0.717) is 22.5 Å². The highest BCUT2D eigenvalue weighted by atomic mass is 19.4. The van der Waals surface area contributed by atoms with Crippen LogP contribution in [0.1, 0.15) is 17.2 Å². The van der Waals surface area contributed by atoms with E-state index >= 15 is 0 Å². The fourth-order valence-corrected chi connectivity index (χ4v) is 4.33. The summed E-state index contributed by atoms with van der Waals surface area (Å²) in [6, 6.07) is 9.62. The molecule has 0 atom stereocenters. The van der Waals surface area contributed by atoms with Crippen molar-refractivity contribution < 1.29 is 22.7 Å². The third kappa shape index (κ3) is 3.90. The predicted octanol–water partition coefficient (Wildman–Crippen LogP) is 3.31. The fraction of sp³-hybridized carbons (Fsp3) is 0.261. The quantitative estimate of drug-likeness (QED) is 0.414. The van der Waals surface area contributed by atoms with Crippen molar-refractivity contribution in [3.8, 4) is 17.1 Å². The van der Waals surface area contributed by atoms with Crippen LogP contribution in [0.25, 0.3) is 28.4 Å². The molecule has 0 bridgehead atoms. The van der Waals surface area contributed by atoms with Crippen molar-refractivity contribution in [2.24, 2.45) is 7.05 Å². The Morgan fingerprint density at radius 1 is 1.11 bits per heavy atom. The van der Waals surface area contributed by atoms with Crippen molar-refractivity contribution in [1.29, 1.82) is 0 Å². The molecule has 0 aliphatic carbocycles. The lowest BCUT2D eigenvalue weighted by Crippen LogP contribution is -2.38. The molecule has 4 aromatic rings. The van der Waals surface area contributed by atoms with E-state index in [1.54, 1.807) is 6.08 Å². The molecular weight excluding hydrogens is 463 g/mol. The van der Waals surface area contributed by atoms with E-state index < -0.39 is 12.0 Å². The van der Waals surface area contributed by atoms with Crippen LogP contribution >= 0.6 is 0 Å². The number of hydrogen-bond donors (Lipinski definition) is 0. The van der Waals surface area contributed by atoms with Gasteiger partial charge in [0, 0.05) is 31.8 Å². The van der Waals surface area contributed by atoms with E-state index in [9.17, 15) is 18.0 Å². The van der Waals surface area contributed by atoms with Crippen LogP contribution in [0.5, 0.6) is 5.88 Å². The first-order chi connectivity index (χ1) is 16.8. The number of carbonyl (C=O) groups is 1. The average molecular weight is 483 g/mol. The van der Waals surface area contributed by atoms with Gasteiger partial charge in [0.05, 0.1) is 24.7 Å². The molecule has 5 rings (SSSR count). The van der Waals surface area contributed by atoms with Crippen LogP contribution in [0, 0.1) is 0 Å². The van der Waals surface area contributed by atoms with Crippen LogP contribution in [0.3, 0.4) is 0 Å². The number of ether oxygens (including phenoxy) is 1. The van der Waals surface area contributed by atoms with Crippen molar-refractivity contribution in [2.45, 2.75) is 19.3 Å². The summed E-state index contributed by atoms with van der Waals surface area (Å²) in [7, 11) is 3.38. The molecule has 35 heavy (non-hydrogen) atoms. The third-order valence-corrected chi connectivity index (χ3v) is 5.92. The molecule has 0 N–H and O–H groups in total. The number of rotatable bonds is 4. The number of methoxy groups -OCH3 is 1. The molecule has 0 saturated carbocycles. The summed E-state index contributed by atoms with van der Waals surface area (Å²) in [5.74, 6) is -0.953. The number of nitrogens with zero attached hydrogens (tertiary/aromatic N) is 7. The highest BCUT2D eigenvalue weighted by Crippen LogP contribution is 2.37. The van der Waals surface area contributed by atoms with E-state index in [4.69, 9.17) is 4.74 Å². The average Bonchev–Trinajstić information content (AvgIpc) is 3.41. The third-order valence-electron chi connectivity index (χ3n) is 5.92. The molecule has 12 heteroatoms. The van der Waals surface area contributed by atoms with Crippen LogP contribution in [0.15, 0.2) is 42.7 Å². The Balaban J connectivity index is 1.51.